The molecule has 6 heteroatoms. The summed E-state index contributed by atoms with van der Waals surface area (Å²) in [7, 11) is 0. The summed E-state index contributed by atoms with van der Waals surface area (Å²) in [6.45, 7) is 1.10. The first-order valence-electron chi connectivity index (χ1n) is 2.62. The molecule has 0 saturated carbocycles. The Morgan fingerprint density at radius 3 is 1.82 bits per heavy atom. The van der Waals surface area contributed by atoms with Crippen LogP contribution in [0.4, 0.5) is 13.2 Å². The van der Waals surface area contributed by atoms with Crippen molar-refractivity contribution in [2.75, 3.05) is 0 Å². The predicted molar refractivity (Wildman–Crippen MR) is 42.2 cm³/mol. The minimum Gasteiger partial charge on any atom is -0.299 e. The van der Waals surface area contributed by atoms with Gasteiger partial charge in [0.2, 0.25) is 0 Å². The lowest BCUT2D eigenvalue weighted by Crippen LogP contribution is -2.35. The second kappa shape index (κ2) is 3.89. The molecule has 0 aromatic heterocycles. The zero-order chi connectivity index (χ0) is 9.23. The summed E-state index contributed by atoms with van der Waals surface area (Å²) in [4.78, 5) is 7.44. The summed E-state index contributed by atoms with van der Waals surface area (Å²) in [5.74, 6) is -0.552. The van der Waals surface area contributed by atoms with Crippen molar-refractivity contribution >= 4 is 37.6 Å². The van der Waals surface area contributed by atoms with Gasteiger partial charge < -0.3 is 0 Å². The summed E-state index contributed by atoms with van der Waals surface area (Å²) < 4.78 is 35.5. The molecule has 0 aliphatic carbocycles. The second-order valence-corrected chi connectivity index (χ2v) is 3.93. The second-order valence-electron chi connectivity index (χ2n) is 1.96. The Bertz CT molecular complexity index is 156. The third-order valence-electron chi connectivity index (χ3n) is 0.958. The monoisotopic (exact) mass is 296 g/mol. The van der Waals surface area contributed by atoms with Crippen molar-refractivity contribution in [3.05, 3.63) is 0 Å². The topological polar surface area (TPSA) is 17.1 Å². The third-order valence-corrected chi connectivity index (χ3v) is 3.89. The number of hydrogen-bond donors (Lipinski definition) is 0. The summed E-state index contributed by atoms with van der Waals surface area (Å²) in [5, 5.41) is 0. The number of halogens is 5. The van der Waals surface area contributed by atoms with Gasteiger partial charge in [0.15, 0.2) is 0 Å². The van der Waals surface area contributed by atoms with E-state index in [9.17, 15) is 18.0 Å². The van der Waals surface area contributed by atoms with Gasteiger partial charge in [0.1, 0.15) is 10.6 Å². The maximum atomic E-state index is 11.8. The maximum Gasteiger partial charge on any atom is 0.402 e. The quantitative estimate of drug-likeness (QED) is 0.716. The molecule has 0 aromatic rings. The minimum absolute atomic E-state index is 0.552. The molecule has 0 radical (unpaired) electrons. The molecule has 0 saturated heterocycles. The molecule has 1 nitrogen and oxygen atoms in total. The van der Waals surface area contributed by atoms with Crippen LogP contribution in [0.5, 0.6) is 0 Å². The predicted octanol–water partition coefficient (Wildman–Crippen LogP) is 2.66. The van der Waals surface area contributed by atoms with Gasteiger partial charge in [-0.25, -0.2) is 0 Å². The lowest BCUT2D eigenvalue weighted by atomic mass is 10.2. The van der Waals surface area contributed by atoms with Gasteiger partial charge in [-0.3, -0.25) is 4.79 Å². The van der Waals surface area contributed by atoms with Crippen molar-refractivity contribution in [2.45, 2.75) is 22.8 Å². The number of Topliss-reactive ketones (excluding diaryl/α,β-unsaturated/α-hetero) is 1. The van der Waals surface area contributed by atoms with Crippen LogP contribution in [-0.4, -0.2) is 21.6 Å². The molecule has 2 atom stereocenters. The summed E-state index contributed by atoms with van der Waals surface area (Å²) in [6.07, 6.45) is -4.39. The molecule has 0 spiro atoms. The first-order valence-corrected chi connectivity index (χ1v) is 4.45. The van der Waals surface area contributed by atoms with Crippen molar-refractivity contribution in [1.29, 1.82) is 0 Å². The van der Waals surface area contributed by atoms with Crippen LogP contribution < -0.4 is 0 Å². The van der Waals surface area contributed by atoms with Crippen molar-refractivity contribution in [3.63, 3.8) is 0 Å². The Morgan fingerprint density at radius 2 is 1.73 bits per heavy atom. The molecule has 0 heterocycles. The standard InChI is InChI=1S/C5H5Br2F3O/c1-2(11)3(6)4(7)5(8,9)10/h3-4H,1H3/t3-,4-/m0/s1. The normalized spacial score (nSPS) is 17.6. The number of ketones is 1. The number of carbonyl (C=O) groups excluding carboxylic acids is 1. The van der Waals surface area contributed by atoms with Crippen LogP contribution in [0.25, 0.3) is 0 Å². The van der Waals surface area contributed by atoms with E-state index in [4.69, 9.17) is 0 Å². The lowest BCUT2D eigenvalue weighted by Gasteiger charge is -2.16. The van der Waals surface area contributed by atoms with Crippen LogP contribution in [-0.2, 0) is 4.79 Å². The van der Waals surface area contributed by atoms with E-state index < -0.39 is 21.6 Å². The van der Waals surface area contributed by atoms with Gasteiger partial charge >= 0.3 is 6.18 Å². The highest BCUT2D eigenvalue weighted by atomic mass is 79.9. The van der Waals surface area contributed by atoms with Gasteiger partial charge in [-0.2, -0.15) is 13.2 Å². The van der Waals surface area contributed by atoms with Crippen LogP contribution in [0.2, 0.25) is 0 Å². The molecule has 66 valence electrons. The fraction of sp³-hybridized carbons (Fsp3) is 0.800. The summed E-state index contributed by atoms with van der Waals surface area (Å²) in [6, 6.07) is 0. The average molecular weight is 298 g/mol. The minimum atomic E-state index is -4.39. The van der Waals surface area contributed by atoms with E-state index in [1.54, 1.807) is 0 Å². The van der Waals surface area contributed by atoms with Crippen LogP contribution in [0.1, 0.15) is 6.92 Å². The van der Waals surface area contributed by atoms with E-state index >= 15 is 0 Å². The molecule has 0 aromatic carbocycles. The molecule has 0 rings (SSSR count). The molecular formula is C5H5Br2F3O. The van der Waals surface area contributed by atoms with Crippen molar-refractivity contribution in [1.82, 2.24) is 0 Å². The van der Waals surface area contributed by atoms with Gasteiger partial charge in [-0.05, 0) is 6.92 Å². The van der Waals surface area contributed by atoms with Crippen LogP contribution >= 0.6 is 31.9 Å². The summed E-state index contributed by atoms with van der Waals surface area (Å²) in [5.41, 5.74) is 0. The van der Waals surface area contributed by atoms with Crippen molar-refractivity contribution in [3.8, 4) is 0 Å². The van der Waals surface area contributed by atoms with Crippen molar-refractivity contribution in [2.24, 2.45) is 0 Å². The van der Waals surface area contributed by atoms with Crippen LogP contribution in [0.3, 0.4) is 0 Å². The molecule has 0 fully saturated rings. The molecule has 0 amide bonds. The molecule has 0 aliphatic heterocycles. The number of alkyl halides is 5. The lowest BCUT2D eigenvalue weighted by molar-refractivity contribution is -0.135. The average Bonchev–Trinajstić information content (AvgIpc) is 1.82. The zero-order valence-corrected chi connectivity index (χ0v) is 8.62. The van der Waals surface area contributed by atoms with E-state index in [0.717, 1.165) is 6.92 Å². The van der Waals surface area contributed by atoms with Gasteiger partial charge in [-0.15, -0.1) is 0 Å². The molecule has 0 unspecified atom stereocenters. The number of hydrogen-bond acceptors (Lipinski definition) is 1. The molecule has 0 N–H and O–H groups in total. The van der Waals surface area contributed by atoms with Gasteiger partial charge in [0.25, 0.3) is 0 Å². The van der Waals surface area contributed by atoms with Crippen LogP contribution in [0, 0.1) is 0 Å². The van der Waals surface area contributed by atoms with E-state index in [1.807, 2.05) is 0 Å². The largest absolute Gasteiger partial charge is 0.402 e. The van der Waals surface area contributed by atoms with E-state index in [0.29, 0.717) is 0 Å². The number of rotatable bonds is 2. The summed E-state index contributed by atoms with van der Waals surface area (Å²) >= 11 is 5.00. The Balaban J connectivity index is 4.25. The maximum absolute atomic E-state index is 11.8. The fourth-order valence-corrected chi connectivity index (χ4v) is 1.04. The van der Waals surface area contributed by atoms with E-state index in [2.05, 4.69) is 31.9 Å². The first kappa shape index (κ1) is 11.4. The Kier molecular flexibility index (Phi) is 4.04. The fourth-order valence-electron chi connectivity index (χ4n) is 0.372. The van der Waals surface area contributed by atoms with E-state index in [-0.39, 0.29) is 0 Å². The van der Waals surface area contributed by atoms with Gasteiger partial charge in [0, 0.05) is 0 Å². The highest BCUT2D eigenvalue weighted by molar-refractivity contribution is 9.12. The molecule has 0 aliphatic rings. The van der Waals surface area contributed by atoms with Gasteiger partial charge in [-0.1, -0.05) is 31.9 Å². The van der Waals surface area contributed by atoms with Gasteiger partial charge in [0.05, 0.1) is 4.83 Å². The molecule has 11 heavy (non-hydrogen) atoms. The smallest absolute Gasteiger partial charge is 0.299 e. The first-order chi connectivity index (χ1) is 4.76. The highest BCUT2D eigenvalue weighted by Crippen LogP contribution is 2.32. The Hall–Kier alpha value is 0.420. The SMILES string of the molecule is CC(=O)[C@H](Br)[C@H](Br)C(F)(F)F. The number of carbonyl (C=O) groups is 1. The zero-order valence-electron chi connectivity index (χ0n) is 5.45. The Morgan fingerprint density at radius 1 is 1.36 bits per heavy atom. The highest BCUT2D eigenvalue weighted by Gasteiger charge is 2.43. The van der Waals surface area contributed by atoms with Crippen LogP contribution in [0.15, 0.2) is 0 Å². The molecular weight excluding hydrogens is 293 g/mol. The molecule has 0 bridgehead atoms. The Labute approximate surface area is 78.6 Å². The van der Waals surface area contributed by atoms with Crippen molar-refractivity contribution < 1.29 is 18.0 Å². The van der Waals surface area contributed by atoms with E-state index in [1.165, 1.54) is 0 Å². The third kappa shape index (κ3) is 3.55.